The Kier molecular flexibility index (Phi) is 5.32. The molecule has 0 aliphatic carbocycles. The molecule has 2 heterocycles. The molecule has 0 fully saturated rings. The van der Waals surface area contributed by atoms with Gasteiger partial charge in [0.2, 0.25) is 0 Å². The van der Waals surface area contributed by atoms with Gasteiger partial charge in [0.05, 0.1) is 24.4 Å². The Labute approximate surface area is 170 Å². The molecule has 4 rings (SSSR count). The van der Waals surface area contributed by atoms with Gasteiger partial charge in [-0.2, -0.15) is 0 Å². The van der Waals surface area contributed by atoms with Crippen LogP contribution in [0.2, 0.25) is 0 Å². The number of benzene rings is 2. The summed E-state index contributed by atoms with van der Waals surface area (Å²) in [5, 5.41) is 5.24. The molecule has 148 valence electrons. The van der Waals surface area contributed by atoms with Crippen LogP contribution in [0.1, 0.15) is 29.8 Å². The zero-order chi connectivity index (χ0) is 20.4. The summed E-state index contributed by atoms with van der Waals surface area (Å²) in [5.74, 6) is 0.837. The highest BCUT2D eigenvalue weighted by atomic mass is 16.5. The predicted octanol–water partition coefficient (Wildman–Crippen LogP) is 5.40. The molecule has 5 heteroatoms. The van der Waals surface area contributed by atoms with Crippen molar-refractivity contribution < 1.29 is 9.26 Å². The van der Waals surface area contributed by atoms with E-state index < -0.39 is 0 Å². The maximum absolute atomic E-state index is 5.31. The number of hydrogen-bond donors (Lipinski definition) is 0. The molecule has 29 heavy (non-hydrogen) atoms. The number of fused-ring (bicyclic) bond motifs is 1. The lowest BCUT2D eigenvalue weighted by molar-refractivity contribution is 0.241. The Morgan fingerprint density at radius 2 is 1.86 bits per heavy atom. The van der Waals surface area contributed by atoms with E-state index in [2.05, 4.69) is 67.3 Å². The third-order valence-corrected chi connectivity index (χ3v) is 5.38. The number of nitrogens with zero attached hydrogens (tertiary/aromatic N) is 3. The van der Waals surface area contributed by atoms with E-state index in [-0.39, 0.29) is 6.04 Å². The van der Waals surface area contributed by atoms with Gasteiger partial charge in [-0.15, -0.1) is 0 Å². The lowest BCUT2D eigenvalue weighted by Crippen LogP contribution is -2.22. The third kappa shape index (κ3) is 4.00. The smallest absolute Gasteiger partial charge is 0.124 e. The van der Waals surface area contributed by atoms with E-state index in [0.717, 1.165) is 40.1 Å². The summed E-state index contributed by atoms with van der Waals surface area (Å²) in [5.41, 5.74) is 6.37. The first-order chi connectivity index (χ1) is 14.0. The molecule has 1 atom stereocenters. The molecular formula is C24H25N3O2. The highest BCUT2D eigenvalue weighted by molar-refractivity contribution is 5.84. The van der Waals surface area contributed by atoms with Crippen molar-refractivity contribution in [2.45, 2.75) is 26.4 Å². The van der Waals surface area contributed by atoms with E-state index in [9.17, 15) is 0 Å². The minimum atomic E-state index is 0.131. The second kappa shape index (κ2) is 8.05. The molecule has 0 aliphatic heterocycles. The maximum atomic E-state index is 5.31. The second-order valence-corrected chi connectivity index (χ2v) is 7.44. The monoisotopic (exact) mass is 387 g/mol. The van der Waals surface area contributed by atoms with E-state index >= 15 is 0 Å². The predicted molar refractivity (Wildman–Crippen MR) is 115 cm³/mol. The minimum Gasteiger partial charge on any atom is -0.497 e. The SMILES string of the molecule is COc1ccc(-c2nc3cc(C)ccc3cc2CN(C)[C@H](C)c2ccon2)cc1. The topological polar surface area (TPSA) is 51.4 Å². The molecule has 5 nitrogen and oxygen atoms in total. The Hall–Kier alpha value is -3.18. The van der Waals surface area contributed by atoms with Crippen molar-refractivity contribution in [2.75, 3.05) is 14.2 Å². The second-order valence-electron chi connectivity index (χ2n) is 7.44. The Morgan fingerprint density at radius 1 is 1.07 bits per heavy atom. The van der Waals surface area contributed by atoms with E-state index in [1.54, 1.807) is 13.4 Å². The van der Waals surface area contributed by atoms with Crippen LogP contribution in [0.4, 0.5) is 0 Å². The summed E-state index contributed by atoms with van der Waals surface area (Å²) in [4.78, 5) is 7.29. The van der Waals surface area contributed by atoms with Gasteiger partial charge < -0.3 is 9.26 Å². The minimum absolute atomic E-state index is 0.131. The standard InChI is InChI=1S/C24H25N3O2/c1-16-5-6-19-14-20(15-27(3)17(2)22-11-12-29-26-22)24(25-23(19)13-16)18-7-9-21(28-4)10-8-18/h5-14,17H,15H2,1-4H3/t17-/m1/s1. The van der Waals surface area contributed by atoms with Crippen molar-refractivity contribution in [2.24, 2.45) is 0 Å². The van der Waals surface area contributed by atoms with Gasteiger partial charge in [0.25, 0.3) is 0 Å². The largest absolute Gasteiger partial charge is 0.497 e. The molecule has 0 radical (unpaired) electrons. The quantitative estimate of drug-likeness (QED) is 0.443. The molecule has 2 aromatic carbocycles. The first kappa shape index (κ1) is 19.2. The highest BCUT2D eigenvalue weighted by Gasteiger charge is 2.18. The summed E-state index contributed by atoms with van der Waals surface area (Å²) < 4.78 is 10.3. The lowest BCUT2D eigenvalue weighted by Gasteiger charge is -2.24. The van der Waals surface area contributed by atoms with Crippen LogP contribution in [-0.4, -0.2) is 29.2 Å². The number of aromatic nitrogens is 2. The number of hydrogen-bond acceptors (Lipinski definition) is 5. The van der Waals surface area contributed by atoms with Crippen LogP contribution < -0.4 is 4.74 Å². The molecule has 0 saturated heterocycles. The molecule has 0 N–H and O–H groups in total. The number of methoxy groups -OCH3 is 1. The van der Waals surface area contributed by atoms with Gasteiger partial charge in [-0.3, -0.25) is 4.90 Å². The average Bonchev–Trinajstić information content (AvgIpc) is 3.28. The number of pyridine rings is 1. The van der Waals surface area contributed by atoms with Crippen LogP contribution in [0.5, 0.6) is 5.75 Å². The zero-order valence-corrected chi connectivity index (χ0v) is 17.2. The Morgan fingerprint density at radius 3 is 2.55 bits per heavy atom. The van der Waals surface area contributed by atoms with Gasteiger partial charge in [-0.05, 0) is 68.4 Å². The first-order valence-corrected chi connectivity index (χ1v) is 9.70. The first-order valence-electron chi connectivity index (χ1n) is 9.70. The van der Waals surface area contributed by atoms with Crippen molar-refractivity contribution in [1.29, 1.82) is 0 Å². The van der Waals surface area contributed by atoms with Gasteiger partial charge in [0.1, 0.15) is 17.7 Å². The van der Waals surface area contributed by atoms with E-state index in [0.29, 0.717) is 0 Å². The summed E-state index contributed by atoms with van der Waals surface area (Å²) in [6.45, 7) is 4.96. The Bertz CT molecular complexity index is 1110. The van der Waals surface area contributed by atoms with Gasteiger partial charge in [-0.1, -0.05) is 17.3 Å². The number of rotatable bonds is 6. The normalized spacial score (nSPS) is 12.4. The molecule has 0 unspecified atom stereocenters. The van der Waals surface area contributed by atoms with Crippen LogP contribution in [0.25, 0.3) is 22.2 Å². The maximum Gasteiger partial charge on any atom is 0.124 e. The molecule has 4 aromatic rings. The van der Waals surface area contributed by atoms with Crippen LogP contribution >= 0.6 is 0 Å². The fourth-order valence-corrected chi connectivity index (χ4v) is 3.51. The van der Waals surface area contributed by atoms with Gasteiger partial charge in [0.15, 0.2) is 0 Å². The number of ether oxygens (including phenoxy) is 1. The van der Waals surface area contributed by atoms with Crippen LogP contribution in [0.3, 0.4) is 0 Å². The summed E-state index contributed by atoms with van der Waals surface area (Å²) in [6, 6.07) is 18.8. The molecule has 0 spiro atoms. The van der Waals surface area contributed by atoms with Gasteiger partial charge in [-0.25, -0.2) is 4.98 Å². The fraction of sp³-hybridized carbons (Fsp3) is 0.250. The van der Waals surface area contributed by atoms with Crippen molar-refractivity contribution in [3.05, 3.63) is 77.7 Å². The van der Waals surface area contributed by atoms with Crippen LogP contribution in [0.15, 0.2) is 65.4 Å². The third-order valence-electron chi connectivity index (χ3n) is 5.38. The summed E-state index contributed by atoms with van der Waals surface area (Å²) in [6.07, 6.45) is 1.61. The van der Waals surface area contributed by atoms with Crippen molar-refractivity contribution in [3.63, 3.8) is 0 Å². The van der Waals surface area contributed by atoms with Crippen LogP contribution in [0, 0.1) is 6.92 Å². The highest BCUT2D eigenvalue weighted by Crippen LogP contribution is 2.30. The van der Waals surface area contributed by atoms with E-state index in [1.165, 1.54) is 11.1 Å². The van der Waals surface area contributed by atoms with Crippen molar-refractivity contribution >= 4 is 10.9 Å². The molecule has 0 saturated carbocycles. The summed E-state index contributed by atoms with van der Waals surface area (Å²) >= 11 is 0. The van der Waals surface area contributed by atoms with E-state index in [1.807, 2.05) is 18.2 Å². The van der Waals surface area contributed by atoms with Crippen molar-refractivity contribution in [3.8, 4) is 17.0 Å². The average molecular weight is 387 g/mol. The lowest BCUT2D eigenvalue weighted by atomic mass is 10.0. The molecule has 0 bridgehead atoms. The van der Waals surface area contributed by atoms with Crippen molar-refractivity contribution in [1.82, 2.24) is 15.0 Å². The molecular weight excluding hydrogens is 362 g/mol. The fourth-order valence-electron chi connectivity index (χ4n) is 3.51. The van der Waals surface area contributed by atoms with Gasteiger partial charge in [0, 0.05) is 23.6 Å². The summed E-state index contributed by atoms with van der Waals surface area (Å²) in [7, 11) is 3.77. The molecule has 2 aromatic heterocycles. The number of aryl methyl sites for hydroxylation is 1. The van der Waals surface area contributed by atoms with Gasteiger partial charge >= 0.3 is 0 Å². The molecule has 0 amide bonds. The van der Waals surface area contributed by atoms with E-state index in [4.69, 9.17) is 14.2 Å². The van der Waals surface area contributed by atoms with Crippen LogP contribution in [-0.2, 0) is 6.54 Å². The molecule has 0 aliphatic rings. The Balaban J connectivity index is 1.76. The zero-order valence-electron chi connectivity index (χ0n) is 17.2.